The monoisotopic (exact) mass is 538 g/mol. The molecule has 1 N–H and O–H groups in total. The van der Waals surface area contributed by atoms with Gasteiger partial charge in [-0.15, -0.1) is 0 Å². The molecule has 1 aliphatic heterocycles. The molecule has 0 aliphatic carbocycles. The molecular weight excluding hydrogens is 512 g/mol. The molecule has 4 aromatic carbocycles. The summed E-state index contributed by atoms with van der Waals surface area (Å²) in [5, 5.41) is 3.59. The highest BCUT2D eigenvalue weighted by Crippen LogP contribution is 2.42. The van der Waals surface area contributed by atoms with Crippen LogP contribution in [0.4, 0.5) is 5.69 Å². The molecule has 190 valence electrons. The van der Waals surface area contributed by atoms with Crippen LogP contribution >= 0.6 is 23.4 Å². The van der Waals surface area contributed by atoms with E-state index in [-0.39, 0.29) is 11.8 Å². The number of halogens is 1. The first-order valence-corrected chi connectivity index (χ1v) is 13.6. The molecule has 0 spiro atoms. The minimum Gasteiger partial charge on any atom is -0.348 e. The summed E-state index contributed by atoms with van der Waals surface area (Å²) in [6, 6.07) is 29.0. The van der Waals surface area contributed by atoms with Crippen molar-refractivity contribution in [3.63, 3.8) is 0 Å². The highest BCUT2D eigenvalue weighted by molar-refractivity contribution is 8.04. The van der Waals surface area contributed by atoms with E-state index in [9.17, 15) is 9.59 Å². The molecule has 4 nitrogen and oxygen atoms in total. The molecule has 0 saturated heterocycles. The van der Waals surface area contributed by atoms with Crippen LogP contribution in [0.25, 0.3) is 6.08 Å². The van der Waals surface area contributed by atoms with Gasteiger partial charge in [-0.3, -0.25) is 9.59 Å². The van der Waals surface area contributed by atoms with Crippen molar-refractivity contribution in [2.45, 2.75) is 31.8 Å². The molecule has 1 heterocycles. The van der Waals surface area contributed by atoms with E-state index in [1.165, 1.54) is 17.3 Å². The number of para-hydroxylation sites is 1. The molecule has 4 aromatic rings. The van der Waals surface area contributed by atoms with Crippen molar-refractivity contribution in [1.82, 2.24) is 5.32 Å². The van der Waals surface area contributed by atoms with Crippen LogP contribution in [0.2, 0.25) is 5.02 Å². The molecule has 5 rings (SSSR count). The largest absolute Gasteiger partial charge is 0.348 e. The maximum absolute atomic E-state index is 13.7. The third kappa shape index (κ3) is 5.85. The first-order valence-electron chi connectivity index (χ1n) is 12.4. The number of nitrogens with zero attached hydrogens (tertiary/aromatic N) is 1. The van der Waals surface area contributed by atoms with Crippen LogP contribution in [0.5, 0.6) is 0 Å². The van der Waals surface area contributed by atoms with Gasteiger partial charge < -0.3 is 10.2 Å². The van der Waals surface area contributed by atoms with Crippen molar-refractivity contribution < 1.29 is 9.59 Å². The first-order chi connectivity index (χ1) is 18.4. The van der Waals surface area contributed by atoms with E-state index in [0.717, 1.165) is 32.8 Å². The van der Waals surface area contributed by atoms with Crippen molar-refractivity contribution in [2.75, 3.05) is 4.90 Å². The number of thioether (sulfide) groups is 1. The van der Waals surface area contributed by atoms with Gasteiger partial charge in [-0.2, -0.15) is 0 Å². The Morgan fingerprint density at radius 3 is 2.45 bits per heavy atom. The molecule has 38 heavy (non-hydrogen) atoms. The lowest BCUT2D eigenvalue weighted by Gasteiger charge is -2.31. The van der Waals surface area contributed by atoms with Gasteiger partial charge in [0.2, 0.25) is 0 Å². The molecule has 6 heteroatoms. The van der Waals surface area contributed by atoms with Gasteiger partial charge in [0.05, 0.1) is 17.1 Å². The van der Waals surface area contributed by atoms with Crippen LogP contribution in [0, 0.1) is 13.8 Å². The summed E-state index contributed by atoms with van der Waals surface area (Å²) < 4.78 is 0. The van der Waals surface area contributed by atoms with Crippen LogP contribution in [-0.2, 0) is 17.9 Å². The van der Waals surface area contributed by atoms with Crippen molar-refractivity contribution in [3.8, 4) is 0 Å². The van der Waals surface area contributed by atoms with Gasteiger partial charge in [-0.1, -0.05) is 83.5 Å². The number of benzene rings is 4. The maximum atomic E-state index is 13.7. The number of anilines is 1. The van der Waals surface area contributed by atoms with Crippen LogP contribution in [-0.4, -0.2) is 11.8 Å². The Bertz CT molecular complexity index is 1530. The SMILES string of the molecule is Cc1ccc(C)c(CN2C(=O)/C(=C/c3ccc(C(=O)NCc4ccc(Cl)cc4)cc3)Sc3ccccc32)c1. The van der Waals surface area contributed by atoms with Gasteiger partial charge in [-0.05, 0) is 78.6 Å². The number of carbonyl (C=O) groups is 2. The molecular formula is C32H27ClN2O2S. The second-order valence-electron chi connectivity index (χ2n) is 9.33. The fourth-order valence-electron chi connectivity index (χ4n) is 4.33. The van der Waals surface area contributed by atoms with Gasteiger partial charge in [0.15, 0.2) is 0 Å². The minimum absolute atomic E-state index is 0.0283. The van der Waals surface area contributed by atoms with Gasteiger partial charge >= 0.3 is 0 Å². The Morgan fingerprint density at radius 1 is 0.947 bits per heavy atom. The fraction of sp³-hybridized carbons (Fsp3) is 0.125. The Balaban J connectivity index is 1.34. The van der Waals surface area contributed by atoms with E-state index in [2.05, 4.69) is 37.4 Å². The summed E-state index contributed by atoms with van der Waals surface area (Å²) in [7, 11) is 0. The summed E-state index contributed by atoms with van der Waals surface area (Å²) in [5.74, 6) is -0.185. The van der Waals surface area contributed by atoms with E-state index in [0.29, 0.717) is 28.6 Å². The number of carbonyl (C=O) groups excluding carboxylic acids is 2. The molecule has 0 radical (unpaired) electrons. The van der Waals surface area contributed by atoms with Crippen LogP contribution in [0.1, 0.15) is 38.2 Å². The number of hydrogen-bond acceptors (Lipinski definition) is 3. The summed E-state index contributed by atoms with van der Waals surface area (Å²) >= 11 is 7.41. The van der Waals surface area contributed by atoms with Gasteiger partial charge in [0, 0.05) is 22.0 Å². The summed E-state index contributed by atoms with van der Waals surface area (Å²) in [5.41, 5.74) is 6.79. The zero-order valence-corrected chi connectivity index (χ0v) is 22.8. The Kier molecular flexibility index (Phi) is 7.68. The van der Waals surface area contributed by atoms with E-state index in [1.807, 2.05) is 59.5 Å². The van der Waals surface area contributed by atoms with Gasteiger partial charge in [-0.25, -0.2) is 0 Å². The minimum atomic E-state index is -0.157. The Labute approximate surface area is 232 Å². The smallest absolute Gasteiger partial charge is 0.265 e. The molecule has 2 amide bonds. The van der Waals surface area contributed by atoms with Crippen molar-refractivity contribution >= 4 is 46.9 Å². The molecule has 1 aliphatic rings. The first kappa shape index (κ1) is 25.8. The highest BCUT2D eigenvalue weighted by Gasteiger charge is 2.29. The lowest BCUT2D eigenvalue weighted by Crippen LogP contribution is -2.34. The van der Waals surface area contributed by atoms with Gasteiger partial charge in [0.25, 0.3) is 11.8 Å². The molecule has 0 unspecified atom stereocenters. The predicted molar refractivity (Wildman–Crippen MR) is 156 cm³/mol. The fourth-order valence-corrected chi connectivity index (χ4v) is 5.51. The lowest BCUT2D eigenvalue weighted by molar-refractivity contribution is -0.114. The van der Waals surface area contributed by atoms with E-state index < -0.39 is 0 Å². The number of hydrogen-bond donors (Lipinski definition) is 1. The number of fused-ring (bicyclic) bond motifs is 1. The summed E-state index contributed by atoms with van der Waals surface area (Å²) in [6.07, 6.45) is 1.90. The molecule has 0 aromatic heterocycles. The summed E-state index contributed by atoms with van der Waals surface area (Å²) in [6.45, 7) is 5.07. The molecule has 0 bridgehead atoms. The van der Waals surface area contributed by atoms with Crippen molar-refractivity contribution in [1.29, 1.82) is 0 Å². The Morgan fingerprint density at radius 2 is 1.68 bits per heavy atom. The third-order valence-corrected chi connectivity index (χ3v) is 7.83. The second-order valence-corrected chi connectivity index (χ2v) is 10.9. The second kappa shape index (κ2) is 11.3. The number of nitrogens with one attached hydrogen (secondary N) is 1. The summed E-state index contributed by atoms with van der Waals surface area (Å²) in [4.78, 5) is 29.8. The van der Waals surface area contributed by atoms with Gasteiger partial charge in [0.1, 0.15) is 0 Å². The van der Waals surface area contributed by atoms with Crippen LogP contribution < -0.4 is 10.2 Å². The van der Waals surface area contributed by atoms with Crippen LogP contribution in [0.15, 0.2) is 101 Å². The quantitative estimate of drug-likeness (QED) is 0.258. The van der Waals surface area contributed by atoms with E-state index in [4.69, 9.17) is 11.6 Å². The van der Waals surface area contributed by atoms with E-state index in [1.54, 1.807) is 24.3 Å². The number of rotatable bonds is 6. The number of aryl methyl sites for hydroxylation is 2. The van der Waals surface area contributed by atoms with E-state index >= 15 is 0 Å². The predicted octanol–water partition coefficient (Wildman–Crippen LogP) is 7.57. The third-order valence-electron chi connectivity index (χ3n) is 6.50. The lowest BCUT2D eigenvalue weighted by atomic mass is 10.0. The zero-order valence-electron chi connectivity index (χ0n) is 21.2. The topological polar surface area (TPSA) is 49.4 Å². The normalized spacial score (nSPS) is 13.9. The molecule has 0 saturated carbocycles. The van der Waals surface area contributed by atoms with Crippen LogP contribution in [0.3, 0.4) is 0 Å². The average molecular weight is 539 g/mol. The highest BCUT2D eigenvalue weighted by atomic mass is 35.5. The number of amides is 2. The Hall–Kier alpha value is -3.80. The van der Waals surface area contributed by atoms with Crippen molar-refractivity contribution in [3.05, 3.63) is 134 Å². The maximum Gasteiger partial charge on any atom is 0.265 e. The standard InChI is InChI=1S/C32H27ClN2O2S/c1-21-7-8-22(2)26(17-21)20-35-28-5-3-4-6-29(28)38-30(32(35)37)18-23-9-13-25(14-10-23)31(36)34-19-24-11-15-27(33)16-12-24/h3-18H,19-20H2,1-2H3,(H,34,36)/b30-18-. The molecule has 0 fully saturated rings. The zero-order chi connectivity index (χ0) is 26.6. The molecule has 0 atom stereocenters. The van der Waals surface area contributed by atoms with Crippen molar-refractivity contribution in [2.24, 2.45) is 0 Å². The average Bonchev–Trinajstić information content (AvgIpc) is 2.93.